The van der Waals surface area contributed by atoms with E-state index < -0.39 is 11.9 Å². The minimum absolute atomic E-state index is 0.0129. The number of carbonyl (C=O) groups excluding carboxylic acids is 2. The van der Waals surface area contributed by atoms with Crippen molar-refractivity contribution in [1.29, 1.82) is 0 Å². The molecule has 5 rings (SSSR count). The molecule has 1 aromatic heterocycles. The highest BCUT2D eigenvalue weighted by atomic mass is 32.1. The molecule has 1 aliphatic heterocycles. The Kier molecular flexibility index (Phi) is 8.64. The number of dihydropyridines is 1. The van der Waals surface area contributed by atoms with Gasteiger partial charge in [-0.05, 0) is 54.6 Å². The molecule has 2 aromatic carbocycles. The lowest BCUT2D eigenvalue weighted by atomic mass is 9.72. The zero-order chi connectivity index (χ0) is 28.9. The van der Waals surface area contributed by atoms with Gasteiger partial charge in [0.15, 0.2) is 17.3 Å². The molecular weight excluding hydrogens is 542 g/mol. The Hall–Kier alpha value is -4.24. The minimum Gasteiger partial charge on any atom is -0.493 e. The fourth-order valence-electron chi connectivity index (χ4n) is 5.52. The van der Waals surface area contributed by atoms with Crippen molar-refractivity contribution >= 4 is 23.1 Å². The summed E-state index contributed by atoms with van der Waals surface area (Å²) in [6.07, 6.45) is 1.02. The number of carbonyl (C=O) groups is 2. The van der Waals surface area contributed by atoms with Crippen LogP contribution in [0.15, 0.2) is 82.5 Å². The van der Waals surface area contributed by atoms with Crippen LogP contribution in [0.1, 0.15) is 42.0 Å². The number of rotatable bonds is 10. The summed E-state index contributed by atoms with van der Waals surface area (Å²) in [5.74, 6) is 0.845. The molecule has 214 valence electrons. The second-order valence-electron chi connectivity index (χ2n) is 9.79. The number of ketones is 1. The van der Waals surface area contributed by atoms with E-state index in [1.807, 2.05) is 48.7 Å². The summed E-state index contributed by atoms with van der Waals surface area (Å²) < 4.78 is 28.1. The third-order valence-corrected chi connectivity index (χ3v) is 8.38. The van der Waals surface area contributed by atoms with Gasteiger partial charge in [0.2, 0.25) is 5.75 Å². The third kappa shape index (κ3) is 5.81. The maximum absolute atomic E-state index is 13.9. The van der Waals surface area contributed by atoms with Gasteiger partial charge in [-0.15, -0.1) is 11.3 Å². The summed E-state index contributed by atoms with van der Waals surface area (Å²) in [6.45, 7) is 2.08. The van der Waals surface area contributed by atoms with Crippen LogP contribution in [0.5, 0.6) is 23.0 Å². The highest BCUT2D eigenvalue weighted by Crippen LogP contribution is 2.49. The van der Waals surface area contributed by atoms with Crippen molar-refractivity contribution in [2.24, 2.45) is 0 Å². The van der Waals surface area contributed by atoms with Crippen molar-refractivity contribution in [3.63, 3.8) is 0 Å². The quantitative estimate of drug-likeness (QED) is 0.241. The standard InChI is InChI=1S/C32H33NO7S/c1-19-28(32(35)40-13-12-39-22-9-6-5-7-10-22)29(21-17-25(36-2)31(38-4)26(18-21)37-3)30-23(33-19)15-20(16-24(30)34)27-11-8-14-41-27/h5-11,14,17-18,20,29,33H,12-13,15-16H2,1-4H3. The van der Waals surface area contributed by atoms with Crippen LogP contribution < -0.4 is 24.3 Å². The number of esters is 1. The molecule has 0 spiro atoms. The van der Waals surface area contributed by atoms with Gasteiger partial charge in [-0.25, -0.2) is 4.79 Å². The summed E-state index contributed by atoms with van der Waals surface area (Å²) in [5.41, 5.74) is 3.05. The first-order valence-corrected chi connectivity index (χ1v) is 14.2. The van der Waals surface area contributed by atoms with Gasteiger partial charge in [-0.1, -0.05) is 24.3 Å². The fraction of sp³-hybridized carbons (Fsp3) is 0.312. The third-order valence-electron chi connectivity index (χ3n) is 7.34. The van der Waals surface area contributed by atoms with Crippen molar-refractivity contribution in [2.75, 3.05) is 34.5 Å². The molecule has 0 bridgehead atoms. The van der Waals surface area contributed by atoms with Gasteiger partial charge in [0.05, 0.1) is 26.9 Å². The molecule has 1 N–H and O–H groups in total. The summed E-state index contributed by atoms with van der Waals surface area (Å²) >= 11 is 1.65. The van der Waals surface area contributed by atoms with E-state index in [0.29, 0.717) is 58.2 Å². The zero-order valence-corrected chi connectivity index (χ0v) is 24.3. The van der Waals surface area contributed by atoms with E-state index in [1.54, 1.807) is 23.5 Å². The van der Waals surface area contributed by atoms with Crippen LogP contribution in [0.4, 0.5) is 0 Å². The lowest BCUT2D eigenvalue weighted by molar-refractivity contribution is -0.140. The van der Waals surface area contributed by atoms with Crippen molar-refractivity contribution in [3.8, 4) is 23.0 Å². The number of thiophene rings is 1. The first-order valence-electron chi connectivity index (χ1n) is 13.4. The van der Waals surface area contributed by atoms with E-state index in [4.69, 9.17) is 23.7 Å². The molecule has 0 saturated carbocycles. The van der Waals surface area contributed by atoms with E-state index in [9.17, 15) is 9.59 Å². The molecule has 2 atom stereocenters. The topological polar surface area (TPSA) is 92.3 Å². The molecule has 8 nitrogen and oxygen atoms in total. The lowest BCUT2D eigenvalue weighted by Gasteiger charge is -2.36. The van der Waals surface area contributed by atoms with Gasteiger partial charge in [-0.3, -0.25) is 4.79 Å². The number of nitrogens with one attached hydrogen (secondary N) is 1. The van der Waals surface area contributed by atoms with E-state index in [2.05, 4.69) is 11.4 Å². The molecule has 41 heavy (non-hydrogen) atoms. The van der Waals surface area contributed by atoms with Gasteiger partial charge in [0, 0.05) is 40.1 Å². The minimum atomic E-state index is -0.681. The number of para-hydroxylation sites is 1. The molecular formula is C32H33NO7S. The average Bonchev–Trinajstić information content (AvgIpc) is 3.53. The van der Waals surface area contributed by atoms with Gasteiger partial charge >= 0.3 is 5.97 Å². The lowest BCUT2D eigenvalue weighted by Crippen LogP contribution is -2.36. The number of methoxy groups -OCH3 is 3. The zero-order valence-electron chi connectivity index (χ0n) is 23.5. The Morgan fingerprint density at radius 1 is 0.951 bits per heavy atom. The Balaban J connectivity index is 1.50. The predicted octanol–water partition coefficient (Wildman–Crippen LogP) is 5.76. The molecule has 3 aromatic rings. The van der Waals surface area contributed by atoms with Crippen LogP contribution in [0, 0.1) is 0 Å². The summed E-state index contributed by atoms with van der Waals surface area (Å²) in [5, 5.41) is 5.42. The van der Waals surface area contributed by atoms with Crippen LogP contribution in [-0.4, -0.2) is 46.3 Å². The number of benzene rings is 2. The molecule has 2 unspecified atom stereocenters. The monoisotopic (exact) mass is 575 g/mol. The van der Waals surface area contributed by atoms with Gasteiger partial charge < -0.3 is 29.0 Å². The molecule has 0 saturated heterocycles. The maximum Gasteiger partial charge on any atom is 0.336 e. The normalized spacial score (nSPS) is 18.4. The summed E-state index contributed by atoms with van der Waals surface area (Å²) in [7, 11) is 4.61. The maximum atomic E-state index is 13.9. The molecule has 1 aliphatic carbocycles. The summed E-state index contributed by atoms with van der Waals surface area (Å²) in [6, 6.07) is 17.0. The van der Waals surface area contributed by atoms with Gasteiger partial charge in [0.25, 0.3) is 0 Å². The number of Topliss-reactive ketones (excluding diaryl/α,β-unsaturated/α-hetero) is 1. The largest absolute Gasteiger partial charge is 0.493 e. The first-order chi connectivity index (χ1) is 19.9. The summed E-state index contributed by atoms with van der Waals surface area (Å²) in [4.78, 5) is 28.7. The Labute approximate surface area is 243 Å². The van der Waals surface area contributed by atoms with Crippen LogP contribution in [0.3, 0.4) is 0 Å². The number of hydrogen-bond donors (Lipinski definition) is 1. The first kappa shape index (κ1) is 28.3. The van der Waals surface area contributed by atoms with Crippen LogP contribution in [0.2, 0.25) is 0 Å². The van der Waals surface area contributed by atoms with Gasteiger partial charge in [-0.2, -0.15) is 0 Å². The number of ether oxygens (including phenoxy) is 5. The molecule has 0 amide bonds. The van der Waals surface area contributed by atoms with E-state index in [-0.39, 0.29) is 24.9 Å². The highest BCUT2D eigenvalue weighted by molar-refractivity contribution is 7.10. The van der Waals surface area contributed by atoms with Crippen molar-refractivity contribution in [2.45, 2.75) is 31.6 Å². The molecule has 2 heterocycles. The van der Waals surface area contributed by atoms with E-state index in [1.165, 1.54) is 26.2 Å². The molecule has 0 fully saturated rings. The van der Waals surface area contributed by atoms with Crippen LogP contribution in [0.25, 0.3) is 0 Å². The van der Waals surface area contributed by atoms with Crippen molar-refractivity contribution in [1.82, 2.24) is 5.32 Å². The van der Waals surface area contributed by atoms with E-state index >= 15 is 0 Å². The second kappa shape index (κ2) is 12.5. The Morgan fingerprint density at radius 2 is 1.68 bits per heavy atom. The fourth-order valence-corrected chi connectivity index (χ4v) is 6.35. The smallest absolute Gasteiger partial charge is 0.336 e. The SMILES string of the molecule is COc1cc(C2C(C(=O)OCCOc3ccccc3)=C(C)NC3=C2C(=O)CC(c2cccs2)C3)cc(OC)c1OC. The highest BCUT2D eigenvalue weighted by Gasteiger charge is 2.42. The molecule has 9 heteroatoms. The Morgan fingerprint density at radius 3 is 2.32 bits per heavy atom. The van der Waals surface area contributed by atoms with Crippen molar-refractivity contribution < 1.29 is 33.3 Å². The van der Waals surface area contributed by atoms with Crippen LogP contribution >= 0.6 is 11.3 Å². The average molecular weight is 576 g/mol. The van der Waals surface area contributed by atoms with Crippen molar-refractivity contribution in [3.05, 3.63) is 93.0 Å². The van der Waals surface area contributed by atoms with Crippen LogP contribution in [-0.2, 0) is 14.3 Å². The second-order valence-corrected chi connectivity index (χ2v) is 10.8. The van der Waals surface area contributed by atoms with Gasteiger partial charge in [0.1, 0.15) is 19.0 Å². The van der Waals surface area contributed by atoms with E-state index in [0.717, 1.165) is 5.70 Å². The predicted molar refractivity (Wildman–Crippen MR) is 156 cm³/mol. The Bertz CT molecular complexity index is 1450. The molecule has 0 radical (unpaired) electrons. The number of hydrogen-bond acceptors (Lipinski definition) is 9. The number of allylic oxidation sites excluding steroid dienone is 3. The molecule has 2 aliphatic rings.